The number of hydrogen-bond donors (Lipinski definition) is 1. The van der Waals surface area contributed by atoms with Gasteiger partial charge in [-0.3, -0.25) is 14.5 Å². The van der Waals surface area contributed by atoms with Crippen LogP contribution in [0.4, 0.5) is 5.69 Å². The second kappa shape index (κ2) is 12.6. The van der Waals surface area contributed by atoms with Crippen LogP contribution in [0.25, 0.3) is 0 Å². The molecule has 220 valence electrons. The average Bonchev–Trinajstić information content (AvgIpc) is 3.84. The van der Waals surface area contributed by atoms with Crippen molar-refractivity contribution in [1.82, 2.24) is 14.8 Å². The number of hydrogen-bond acceptors (Lipinski definition) is 6. The highest BCUT2D eigenvalue weighted by Gasteiger charge is 2.56. The van der Waals surface area contributed by atoms with Crippen LogP contribution in [-0.2, 0) is 19.9 Å². The van der Waals surface area contributed by atoms with Gasteiger partial charge in [-0.05, 0) is 34.7 Å². The van der Waals surface area contributed by atoms with Gasteiger partial charge in [0, 0.05) is 13.6 Å². The van der Waals surface area contributed by atoms with E-state index in [9.17, 15) is 14.4 Å². The summed E-state index contributed by atoms with van der Waals surface area (Å²) in [6.07, 6.45) is 1.47. The van der Waals surface area contributed by atoms with Crippen LogP contribution in [0.2, 0.25) is 0 Å². The maximum absolute atomic E-state index is 13.6. The molecule has 5 rings (SSSR count). The molecule has 4 aromatic rings. The number of benzene rings is 3. The summed E-state index contributed by atoms with van der Waals surface area (Å²) in [5.74, 6) is -1.19. The van der Waals surface area contributed by atoms with E-state index in [1.807, 2.05) is 68.4 Å². The minimum atomic E-state index is -0.737. The summed E-state index contributed by atoms with van der Waals surface area (Å²) in [5.41, 5.74) is 3.19. The molecule has 1 aliphatic rings. The van der Waals surface area contributed by atoms with Crippen LogP contribution < -0.4 is 5.32 Å². The fourth-order valence-corrected chi connectivity index (χ4v) is 5.89. The standard InChI is InChI=1S/C35H36N4O4/c1-24(2)31(34(42)43-4)38(3)33(41)29-21-20-28(22-36-29)37-32(40)30-23-39(30)35(25-14-8-5-9-15-25,26-16-10-6-11-17-26)27-18-12-7-13-19-27/h5-22,24,30-31H,23H2,1-4H3,(H,37,40)/t30-,31+,39?/m1/s1. The molecule has 1 aliphatic heterocycles. The number of aromatic nitrogens is 1. The first-order valence-electron chi connectivity index (χ1n) is 14.3. The zero-order chi connectivity index (χ0) is 30.6. The van der Waals surface area contributed by atoms with Crippen molar-refractivity contribution < 1.29 is 19.1 Å². The molecule has 43 heavy (non-hydrogen) atoms. The monoisotopic (exact) mass is 576 g/mol. The molecule has 2 heterocycles. The van der Waals surface area contributed by atoms with Crippen LogP contribution in [0.3, 0.4) is 0 Å². The fraction of sp³-hybridized carbons (Fsp3) is 0.257. The number of anilines is 1. The minimum Gasteiger partial charge on any atom is -0.467 e. The van der Waals surface area contributed by atoms with Gasteiger partial charge >= 0.3 is 5.97 Å². The molecule has 3 atom stereocenters. The number of methoxy groups -OCH3 is 1. The van der Waals surface area contributed by atoms with Gasteiger partial charge in [-0.1, -0.05) is 105 Å². The number of carbonyl (C=O) groups excluding carboxylic acids is 3. The number of carbonyl (C=O) groups is 3. The van der Waals surface area contributed by atoms with Crippen LogP contribution >= 0.6 is 0 Å². The highest BCUT2D eigenvalue weighted by molar-refractivity contribution is 5.98. The number of rotatable bonds is 10. The Morgan fingerprint density at radius 1 is 0.860 bits per heavy atom. The molecule has 1 N–H and O–H groups in total. The molecule has 2 amide bonds. The van der Waals surface area contributed by atoms with Gasteiger partial charge in [0.15, 0.2) is 0 Å². The van der Waals surface area contributed by atoms with Crippen LogP contribution in [-0.4, -0.2) is 65.4 Å². The van der Waals surface area contributed by atoms with Crippen molar-refractivity contribution in [2.75, 3.05) is 26.0 Å². The molecule has 0 aliphatic carbocycles. The normalized spacial score (nSPS) is 16.7. The largest absolute Gasteiger partial charge is 0.467 e. The summed E-state index contributed by atoms with van der Waals surface area (Å²) in [6.45, 7) is 4.25. The highest BCUT2D eigenvalue weighted by Crippen LogP contribution is 2.48. The smallest absolute Gasteiger partial charge is 0.328 e. The lowest BCUT2D eigenvalue weighted by atomic mass is 9.76. The lowest BCUT2D eigenvalue weighted by Gasteiger charge is -2.38. The van der Waals surface area contributed by atoms with Gasteiger partial charge in [-0.25, -0.2) is 9.78 Å². The van der Waals surface area contributed by atoms with Crippen molar-refractivity contribution in [3.63, 3.8) is 0 Å². The van der Waals surface area contributed by atoms with Gasteiger partial charge in [0.25, 0.3) is 5.91 Å². The topological polar surface area (TPSA) is 91.6 Å². The van der Waals surface area contributed by atoms with Gasteiger partial charge in [-0.2, -0.15) is 0 Å². The fourth-order valence-electron chi connectivity index (χ4n) is 5.89. The Balaban J connectivity index is 1.38. The third kappa shape index (κ3) is 5.79. The zero-order valence-electron chi connectivity index (χ0n) is 24.8. The second-order valence-electron chi connectivity index (χ2n) is 11.0. The second-order valence-corrected chi connectivity index (χ2v) is 11.0. The Morgan fingerprint density at radius 3 is 1.79 bits per heavy atom. The maximum Gasteiger partial charge on any atom is 0.328 e. The van der Waals surface area contributed by atoms with E-state index in [0.29, 0.717) is 12.2 Å². The van der Waals surface area contributed by atoms with E-state index in [1.54, 1.807) is 19.2 Å². The van der Waals surface area contributed by atoms with Crippen LogP contribution in [0.1, 0.15) is 41.0 Å². The lowest BCUT2D eigenvalue weighted by Crippen LogP contribution is -2.46. The Hall–Kier alpha value is -4.82. The molecule has 3 aromatic carbocycles. The first-order chi connectivity index (χ1) is 20.8. The van der Waals surface area contributed by atoms with Crippen LogP contribution in [0.5, 0.6) is 0 Å². The highest BCUT2D eigenvalue weighted by atomic mass is 16.5. The van der Waals surface area contributed by atoms with E-state index in [-0.39, 0.29) is 23.6 Å². The summed E-state index contributed by atoms with van der Waals surface area (Å²) in [5, 5.41) is 2.98. The summed E-state index contributed by atoms with van der Waals surface area (Å²) in [4.78, 5) is 46.8. The van der Waals surface area contributed by atoms with Crippen molar-refractivity contribution in [3.8, 4) is 0 Å². The van der Waals surface area contributed by atoms with Gasteiger partial charge < -0.3 is 15.0 Å². The van der Waals surface area contributed by atoms with Crippen molar-refractivity contribution >= 4 is 23.5 Å². The van der Waals surface area contributed by atoms with Crippen molar-refractivity contribution in [2.24, 2.45) is 5.92 Å². The van der Waals surface area contributed by atoms with E-state index in [0.717, 1.165) is 16.7 Å². The van der Waals surface area contributed by atoms with Crippen molar-refractivity contribution in [1.29, 1.82) is 0 Å². The number of pyridine rings is 1. The van der Waals surface area contributed by atoms with Crippen molar-refractivity contribution in [2.45, 2.75) is 31.5 Å². The summed E-state index contributed by atoms with van der Waals surface area (Å²) < 4.78 is 4.88. The number of nitrogens with zero attached hydrogens (tertiary/aromatic N) is 3. The predicted octanol–water partition coefficient (Wildman–Crippen LogP) is 4.97. The molecular formula is C35H36N4O4. The van der Waals surface area contributed by atoms with Crippen LogP contribution in [0, 0.1) is 5.92 Å². The van der Waals surface area contributed by atoms with E-state index in [1.165, 1.54) is 18.2 Å². The SMILES string of the molecule is COC(=O)[C@H](C(C)C)N(C)C(=O)c1ccc(NC(=O)[C@H]2CN2C(c2ccccc2)(c2ccccc2)c2ccccc2)cn1. The average molecular weight is 577 g/mol. The number of amides is 2. The molecule has 8 nitrogen and oxygen atoms in total. The Bertz CT molecular complexity index is 1460. The summed E-state index contributed by atoms with van der Waals surface area (Å²) in [7, 11) is 2.86. The van der Waals surface area contributed by atoms with E-state index < -0.39 is 23.5 Å². The number of likely N-dealkylation sites (N-methyl/N-ethyl adjacent to an activating group) is 1. The predicted molar refractivity (Wildman–Crippen MR) is 165 cm³/mol. The number of esters is 1. The third-order valence-electron chi connectivity index (χ3n) is 7.98. The number of nitrogens with one attached hydrogen (secondary N) is 1. The Morgan fingerprint density at radius 2 is 1.37 bits per heavy atom. The molecule has 0 radical (unpaired) electrons. The van der Waals surface area contributed by atoms with Crippen LogP contribution in [0.15, 0.2) is 109 Å². The molecule has 0 spiro atoms. The molecule has 1 fully saturated rings. The minimum absolute atomic E-state index is 0.142. The summed E-state index contributed by atoms with van der Waals surface area (Å²) >= 11 is 0. The van der Waals surface area contributed by atoms with Gasteiger partial charge in [-0.15, -0.1) is 0 Å². The van der Waals surface area contributed by atoms with E-state index >= 15 is 0 Å². The van der Waals surface area contributed by atoms with Gasteiger partial charge in [0.2, 0.25) is 5.91 Å². The molecule has 1 unspecified atom stereocenters. The Kier molecular flexibility index (Phi) is 8.68. The third-order valence-corrected chi connectivity index (χ3v) is 7.98. The quantitative estimate of drug-likeness (QED) is 0.163. The number of ether oxygens (including phenoxy) is 1. The molecule has 8 heteroatoms. The Labute approximate surface area is 252 Å². The first kappa shape index (κ1) is 29.7. The van der Waals surface area contributed by atoms with E-state index in [4.69, 9.17) is 4.74 Å². The van der Waals surface area contributed by atoms with E-state index in [2.05, 4.69) is 51.6 Å². The molecule has 1 aromatic heterocycles. The zero-order valence-corrected chi connectivity index (χ0v) is 24.8. The molecule has 1 saturated heterocycles. The maximum atomic E-state index is 13.6. The van der Waals surface area contributed by atoms with Gasteiger partial charge in [0.1, 0.15) is 17.8 Å². The molecular weight excluding hydrogens is 540 g/mol. The van der Waals surface area contributed by atoms with Crippen molar-refractivity contribution in [3.05, 3.63) is 132 Å². The molecule has 0 saturated carbocycles. The summed E-state index contributed by atoms with van der Waals surface area (Å²) in [6, 6.07) is 32.8. The molecule has 0 bridgehead atoms. The first-order valence-corrected chi connectivity index (χ1v) is 14.3. The lowest BCUT2D eigenvalue weighted by molar-refractivity contribution is -0.147. The van der Waals surface area contributed by atoms with Gasteiger partial charge in [0.05, 0.1) is 24.5 Å².